The van der Waals surface area contributed by atoms with Gasteiger partial charge >= 0.3 is 0 Å². The molecular weight excluding hydrogens is 210 g/mol. The van der Waals surface area contributed by atoms with E-state index in [0.29, 0.717) is 32.8 Å². The van der Waals surface area contributed by atoms with Crippen LogP contribution in [0.3, 0.4) is 0 Å². The first-order valence-electron chi connectivity index (χ1n) is 5.11. The summed E-state index contributed by atoms with van der Waals surface area (Å²) >= 11 is 0. The number of carbonyl (C=O) groups is 1. The van der Waals surface area contributed by atoms with Crippen LogP contribution in [0.15, 0.2) is 11.8 Å². The van der Waals surface area contributed by atoms with Gasteiger partial charge in [0.15, 0.2) is 0 Å². The molecule has 0 aliphatic carbocycles. The third kappa shape index (κ3) is 3.53. The maximum Gasteiger partial charge on any atom is 0.266 e. The highest BCUT2D eigenvalue weighted by molar-refractivity contribution is 5.97. The molecule has 1 rings (SSSR count). The Morgan fingerprint density at radius 1 is 1.56 bits per heavy atom. The summed E-state index contributed by atoms with van der Waals surface area (Å²) in [4.78, 5) is 13.4. The first-order chi connectivity index (χ1) is 7.79. The van der Waals surface area contributed by atoms with Crippen molar-refractivity contribution in [1.29, 1.82) is 5.26 Å². The number of nitriles is 1. The lowest BCUT2D eigenvalue weighted by Gasteiger charge is -2.26. The van der Waals surface area contributed by atoms with Crippen LogP contribution >= 0.6 is 0 Å². The molecule has 0 atom stereocenters. The average Bonchev–Trinajstić information content (AvgIpc) is 2.35. The number of aliphatic hydroxyl groups is 1. The first kappa shape index (κ1) is 12.5. The molecule has 0 aromatic heterocycles. The van der Waals surface area contributed by atoms with E-state index >= 15 is 0 Å². The number of nitrogens with zero attached hydrogens (tertiary/aromatic N) is 2. The molecule has 16 heavy (non-hydrogen) atoms. The molecule has 88 valence electrons. The summed E-state index contributed by atoms with van der Waals surface area (Å²) in [6, 6.07) is 1.84. The maximum atomic E-state index is 11.8. The number of hydrogen-bond acceptors (Lipinski definition) is 5. The number of aliphatic hydroxyl groups excluding tert-OH is 1. The van der Waals surface area contributed by atoms with Crippen LogP contribution in [0.1, 0.15) is 0 Å². The molecule has 6 heteroatoms. The Kier molecular flexibility index (Phi) is 5.32. The molecule has 0 aromatic rings. The number of ether oxygens (including phenoxy) is 1. The second-order valence-corrected chi connectivity index (χ2v) is 3.25. The Morgan fingerprint density at radius 3 is 2.81 bits per heavy atom. The van der Waals surface area contributed by atoms with Crippen molar-refractivity contribution in [1.82, 2.24) is 10.2 Å². The van der Waals surface area contributed by atoms with Crippen molar-refractivity contribution in [2.45, 2.75) is 0 Å². The average molecular weight is 225 g/mol. The second-order valence-electron chi connectivity index (χ2n) is 3.25. The van der Waals surface area contributed by atoms with E-state index in [1.165, 1.54) is 6.20 Å². The summed E-state index contributed by atoms with van der Waals surface area (Å²) in [5.41, 5.74) is 0.0513. The van der Waals surface area contributed by atoms with E-state index in [1.807, 2.05) is 6.07 Å². The van der Waals surface area contributed by atoms with Gasteiger partial charge in [0.05, 0.1) is 19.8 Å². The quantitative estimate of drug-likeness (QED) is 0.358. The molecule has 1 aliphatic heterocycles. The molecule has 1 heterocycles. The van der Waals surface area contributed by atoms with Gasteiger partial charge in [0.1, 0.15) is 11.6 Å². The summed E-state index contributed by atoms with van der Waals surface area (Å²) in [5, 5.41) is 20.1. The molecule has 1 amide bonds. The Hall–Kier alpha value is -1.58. The molecule has 6 nitrogen and oxygen atoms in total. The summed E-state index contributed by atoms with van der Waals surface area (Å²) in [6.45, 7) is 2.32. The second kappa shape index (κ2) is 6.82. The van der Waals surface area contributed by atoms with Gasteiger partial charge in [0.2, 0.25) is 0 Å². The van der Waals surface area contributed by atoms with E-state index in [1.54, 1.807) is 4.90 Å². The first-order valence-corrected chi connectivity index (χ1v) is 5.11. The van der Waals surface area contributed by atoms with Gasteiger partial charge in [0.25, 0.3) is 5.91 Å². The number of amides is 1. The van der Waals surface area contributed by atoms with Crippen molar-refractivity contribution < 1.29 is 14.6 Å². The molecule has 0 spiro atoms. The lowest BCUT2D eigenvalue weighted by molar-refractivity contribution is -0.130. The minimum Gasteiger partial charge on any atom is -0.395 e. The fourth-order valence-corrected chi connectivity index (χ4v) is 1.32. The molecule has 2 N–H and O–H groups in total. The Morgan fingerprint density at radius 2 is 2.25 bits per heavy atom. The van der Waals surface area contributed by atoms with Gasteiger partial charge in [-0.05, 0) is 0 Å². The monoisotopic (exact) mass is 225 g/mol. The van der Waals surface area contributed by atoms with Crippen LogP contribution < -0.4 is 5.32 Å². The molecule has 1 fully saturated rings. The fraction of sp³-hybridized carbons (Fsp3) is 0.600. The zero-order valence-electron chi connectivity index (χ0n) is 8.98. The molecule has 0 unspecified atom stereocenters. The maximum absolute atomic E-state index is 11.8. The van der Waals surface area contributed by atoms with Gasteiger partial charge in [-0.1, -0.05) is 0 Å². The lowest BCUT2D eigenvalue weighted by atomic mass is 10.2. The number of nitrogens with one attached hydrogen (secondary N) is 1. The van der Waals surface area contributed by atoms with Crippen molar-refractivity contribution in [3.05, 3.63) is 11.8 Å². The largest absolute Gasteiger partial charge is 0.395 e. The Labute approximate surface area is 94.1 Å². The SMILES string of the molecule is N#C/C(=C/NCCO)C(=O)N1CCOCC1. The highest BCUT2D eigenvalue weighted by Crippen LogP contribution is 2.03. The third-order valence-electron chi connectivity index (χ3n) is 2.15. The Balaban J connectivity index is 2.54. The van der Waals surface area contributed by atoms with Crippen LogP contribution in [-0.2, 0) is 9.53 Å². The van der Waals surface area contributed by atoms with Gasteiger partial charge in [-0.2, -0.15) is 5.26 Å². The molecule has 1 saturated heterocycles. The smallest absolute Gasteiger partial charge is 0.266 e. The van der Waals surface area contributed by atoms with Crippen molar-refractivity contribution in [2.24, 2.45) is 0 Å². The van der Waals surface area contributed by atoms with E-state index in [0.717, 1.165) is 0 Å². The predicted molar refractivity (Wildman–Crippen MR) is 56.2 cm³/mol. The fourth-order valence-electron chi connectivity index (χ4n) is 1.32. The number of hydrogen-bond donors (Lipinski definition) is 2. The molecule has 0 radical (unpaired) electrons. The lowest BCUT2D eigenvalue weighted by Crippen LogP contribution is -2.41. The van der Waals surface area contributed by atoms with E-state index in [9.17, 15) is 4.79 Å². The van der Waals surface area contributed by atoms with E-state index in [2.05, 4.69) is 5.32 Å². The third-order valence-corrected chi connectivity index (χ3v) is 2.15. The minimum absolute atomic E-state index is 0.0407. The number of rotatable bonds is 4. The zero-order chi connectivity index (χ0) is 11.8. The van der Waals surface area contributed by atoms with E-state index in [-0.39, 0.29) is 18.1 Å². The van der Waals surface area contributed by atoms with Gasteiger partial charge in [-0.3, -0.25) is 4.79 Å². The van der Waals surface area contributed by atoms with Gasteiger partial charge in [-0.15, -0.1) is 0 Å². The normalized spacial score (nSPS) is 16.8. The minimum atomic E-state index is -0.295. The van der Waals surface area contributed by atoms with Crippen LogP contribution in [0.25, 0.3) is 0 Å². The summed E-state index contributed by atoms with van der Waals surface area (Å²) in [6.07, 6.45) is 1.34. The van der Waals surface area contributed by atoms with Gasteiger partial charge < -0.3 is 20.1 Å². The summed E-state index contributed by atoms with van der Waals surface area (Å²) in [7, 11) is 0. The Bertz CT molecular complexity index is 303. The molecule has 1 aliphatic rings. The predicted octanol–water partition coefficient (Wildman–Crippen LogP) is -1.17. The standard InChI is InChI=1S/C10H15N3O3/c11-7-9(8-12-1-4-14)10(15)13-2-5-16-6-3-13/h8,12,14H,1-6H2/b9-8-. The van der Waals surface area contributed by atoms with Crippen molar-refractivity contribution in [3.8, 4) is 6.07 Å². The highest BCUT2D eigenvalue weighted by atomic mass is 16.5. The van der Waals surface area contributed by atoms with Gasteiger partial charge in [0, 0.05) is 25.8 Å². The topological polar surface area (TPSA) is 85.6 Å². The number of carbonyl (C=O) groups excluding carboxylic acids is 1. The van der Waals surface area contributed by atoms with Crippen molar-refractivity contribution in [3.63, 3.8) is 0 Å². The number of morpholine rings is 1. The van der Waals surface area contributed by atoms with Gasteiger partial charge in [-0.25, -0.2) is 0 Å². The van der Waals surface area contributed by atoms with Crippen LogP contribution in [0.2, 0.25) is 0 Å². The summed E-state index contributed by atoms with van der Waals surface area (Å²) < 4.78 is 5.12. The summed E-state index contributed by atoms with van der Waals surface area (Å²) in [5.74, 6) is -0.295. The highest BCUT2D eigenvalue weighted by Gasteiger charge is 2.20. The molecule has 0 bridgehead atoms. The molecular formula is C10H15N3O3. The van der Waals surface area contributed by atoms with Crippen LogP contribution in [0, 0.1) is 11.3 Å². The molecule has 0 saturated carbocycles. The van der Waals surface area contributed by atoms with E-state index in [4.69, 9.17) is 15.1 Å². The van der Waals surface area contributed by atoms with Crippen LogP contribution in [0.5, 0.6) is 0 Å². The van der Waals surface area contributed by atoms with Crippen molar-refractivity contribution in [2.75, 3.05) is 39.5 Å². The van der Waals surface area contributed by atoms with Crippen LogP contribution in [-0.4, -0.2) is 55.4 Å². The van der Waals surface area contributed by atoms with Crippen LogP contribution in [0.4, 0.5) is 0 Å². The molecule has 0 aromatic carbocycles. The zero-order valence-corrected chi connectivity index (χ0v) is 8.98. The van der Waals surface area contributed by atoms with E-state index < -0.39 is 0 Å². The van der Waals surface area contributed by atoms with Crippen molar-refractivity contribution >= 4 is 5.91 Å².